The van der Waals surface area contributed by atoms with Crippen molar-refractivity contribution in [2.24, 2.45) is 5.73 Å². The Balaban J connectivity index is 2.25. The van der Waals surface area contributed by atoms with Crippen LogP contribution < -0.4 is 10.6 Å². The second-order valence-electron chi connectivity index (χ2n) is 3.98. The summed E-state index contributed by atoms with van der Waals surface area (Å²) in [7, 11) is 1.74. The van der Waals surface area contributed by atoms with Crippen LogP contribution in [-0.2, 0) is 6.54 Å². The molecule has 4 nitrogen and oxygen atoms in total. The van der Waals surface area contributed by atoms with Gasteiger partial charge < -0.3 is 10.6 Å². The van der Waals surface area contributed by atoms with E-state index in [-0.39, 0.29) is 5.91 Å². The second-order valence-corrected chi connectivity index (χ2v) is 3.98. The highest BCUT2D eigenvalue weighted by Crippen LogP contribution is 2.16. The molecule has 0 saturated carbocycles. The quantitative estimate of drug-likeness (QED) is 0.891. The van der Waals surface area contributed by atoms with Crippen LogP contribution in [0.1, 0.15) is 15.9 Å². The lowest BCUT2D eigenvalue weighted by Crippen LogP contribution is -2.26. The fourth-order valence-electron chi connectivity index (χ4n) is 1.69. The van der Waals surface area contributed by atoms with Gasteiger partial charge in [-0.05, 0) is 29.8 Å². The second kappa shape index (κ2) is 5.42. The zero-order chi connectivity index (χ0) is 13.0. The van der Waals surface area contributed by atoms with Crippen molar-refractivity contribution in [2.75, 3.05) is 11.9 Å². The van der Waals surface area contributed by atoms with Crippen LogP contribution in [0.4, 0.5) is 5.69 Å². The molecule has 1 heterocycles. The van der Waals surface area contributed by atoms with Crippen molar-refractivity contribution < 1.29 is 4.79 Å². The van der Waals surface area contributed by atoms with Crippen molar-refractivity contribution in [1.29, 1.82) is 0 Å². The van der Waals surface area contributed by atoms with Gasteiger partial charge in [0.2, 0.25) is 0 Å². The molecule has 2 rings (SSSR count). The Labute approximate surface area is 106 Å². The van der Waals surface area contributed by atoms with Crippen LogP contribution in [0.5, 0.6) is 0 Å². The van der Waals surface area contributed by atoms with Gasteiger partial charge in [0.15, 0.2) is 0 Å². The monoisotopic (exact) mass is 241 g/mol. The molecule has 0 fully saturated rings. The molecule has 0 aliphatic carbocycles. The van der Waals surface area contributed by atoms with Crippen LogP contribution in [0.15, 0.2) is 48.8 Å². The molecule has 1 aromatic carbocycles. The Morgan fingerprint density at radius 2 is 2.17 bits per heavy atom. The number of hydrogen-bond donors (Lipinski definition) is 1. The van der Waals surface area contributed by atoms with Crippen molar-refractivity contribution in [1.82, 2.24) is 4.98 Å². The molecule has 0 atom stereocenters. The van der Waals surface area contributed by atoms with Gasteiger partial charge in [0.05, 0.1) is 5.56 Å². The van der Waals surface area contributed by atoms with Crippen LogP contribution in [0.2, 0.25) is 0 Å². The topological polar surface area (TPSA) is 59.2 Å². The normalized spacial score (nSPS) is 10.1. The van der Waals surface area contributed by atoms with Gasteiger partial charge >= 0.3 is 0 Å². The van der Waals surface area contributed by atoms with E-state index in [4.69, 9.17) is 5.73 Å². The predicted octanol–water partition coefficient (Wildman–Crippen LogP) is 1.82. The van der Waals surface area contributed by atoms with Crippen molar-refractivity contribution in [3.8, 4) is 0 Å². The van der Waals surface area contributed by atoms with E-state index < -0.39 is 0 Å². The van der Waals surface area contributed by atoms with E-state index in [1.807, 2.05) is 24.3 Å². The molecular weight excluding hydrogens is 226 g/mol. The zero-order valence-electron chi connectivity index (χ0n) is 10.2. The van der Waals surface area contributed by atoms with E-state index in [0.717, 1.165) is 11.3 Å². The SMILES string of the molecule is CN(C(=O)c1cccnc1)c1cccc(CN)c1. The average molecular weight is 241 g/mol. The van der Waals surface area contributed by atoms with Gasteiger partial charge in [0.25, 0.3) is 5.91 Å². The zero-order valence-corrected chi connectivity index (χ0v) is 10.2. The summed E-state index contributed by atoms with van der Waals surface area (Å²) < 4.78 is 0. The first-order valence-corrected chi connectivity index (χ1v) is 5.69. The third-order valence-electron chi connectivity index (χ3n) is 2.75. The summed E-state index contributed by atoms with van der Waals surface area (Å²) in [5.41, 5.74) is 7.98. The van der Waals surface area contributed by atoms with Gasteiger partial charge in [0.1, 0.15) is 0 Å². The molecule has 0 bridgehead atoms. The molecule has 2 aromatic rings. The van der Waals surface area contributed by atoms with E-state index in [2.05, 4.69) is 4.98 Å². The van der Waals surface area contributed by atoms with Crippen LogP contribution in [0.3, 0.4) is 0 Å². The molecule has 0 spiro atoms. The lowest BCUT2D eigenvalue weighted by Gasteiger charge is -2.17. The third kappa shape index (κ3) is 2.55. The van der Waals surface area contributed by atoms with Gasteiger partial charge in [-0.15, -0.1) is 0 Å². The molecule has 18 heavy (non-hydrogen) atoms. The first kappa shape index (κ1) is 12.3. The van der Waals surface area contributed by atoms with E-state index in [1.165, 1.54) is 0 Å². The molecule has 0 aliphatic rings. The summed E-state index contributed by atoms with van der Waals surface area (Å²) in [6.45, 7) is 0.461. The Hall–Kier alpha value is -2.20. The highest BCUT2D eigenvalue weighted by Gasteiger charge is 2.13. The number of anilines is 1. The lowest BCUT2D eigenvalue weighted by atomic mass is 10.1. The standard InChI is InChI=1S/C14H15N3O/c1-17(13-6-2-4-11(8-13)9-15)14(18)12-5-3-7-16-10-12/h2-8,10H,9,15H2,1H3. The summed E-state index contributed by atoms with van der Waals surface area (Å²) in [6.07, 6.45) is 3.21. The smallest absolute Gasteiger partial charge is 0.259 e. The molecule has 1 aromatic heterocycles. The maximum absolute atomic E-state index is 12.2. The molecule has 1 amide bonds. The summed E-state index contributed by atoms with van der Waals surface area (Å²) in [5, 5.41) is 0. The van der Waals surface area contributed by atoms with Gasteiger partial charge in [-0.2, -0.15) is 0 Å². The number of aromatic nitrogens is 1. The third-order valence-corrected chi connectivity index (χ3v) is 2.75. The summed E-state index contributed by atoms with van der Waals surface area (Å²) in [5.74, 6) is -0.0859. The molecule has 0 aliphatic heterocycles. The number of carbonyl (C=O) groups is 1. The fourth-order valence-corrected chi connectivity index (χ4v) is 1.69. The van der Waals surface area contributed by atoms with E-state index >= 15 is 0 Å². The number of hydrogen-bond acceptors (Lipinski definition) is 3. The molecule has 2 N–H and O–H groups in total. The predicted molar refractivity (Wildman–Crippen MR) is 71.3 cm³/mol. The highest BCUT2D eigenvalue weighted by molar-refractivity contribution is 6.05. The number of rotatable bonds is 3. The first-order valence-electron chi connectivity index (χ1n) is 5.69. The molecule has 0 unspecified atom stereocenters. The summed E-state index contributed by atoms with van der Waals surface area (Å²) >= 11 is 0. The number of benzene rings is 1. The number of carbonyl (C=O) groups excluding carboxylic acids is 1. The van der Waals surface area contributed by atoms with Gasteiger partial charge in [0, 0.05) is 31.7 Å². The Morgan fingerprint density at radius 1 is 1.33 bits per heavy atom. The molecule has 0 saturated heterocycles. The Morgan fingerprint density at radius 3 is 2.83 bits per heavy atom. The molecule has 0 radical (unpaired) electrons. The summed E-state index contributed by atoms with van der Waals surface area (Å²) in [4.78, 5) is 17.7. The van der Waals surface area contributed by atoms with E-state index in [1.54, 1.807) is 36.5 Å². The van der Waals surface area contributed by atoms with Crippen LogP contribution in [0.25, 0.3) is 0 Å². The minimum Gasteiger partial charge on any atom is -0.326 e. The van der Waals surface area contributed by atoms with Gasteiger partial charge in [-0.25, -0.2) is 0 Å². The number of amides is 1. The van der Waals surface area contributed by atoms with Crippen molar-refractivity contribution in [3.05, 3.63) is 59.9 Å². The number of nitrogens with two attached hydrogens (primary N) is 1. The fraction of sp³-hybridized carbons (Fsp3) is 0.143. The highest BCUT2D eigenvalue weighted by atomic mass is 16.2. The van der Waals surface area contributed by atoms with Crippen molar-refractivity contribution >= 4 is 11.6 Å². The first-order chi connectivity index (χ1) is 8.72. The minimum atomic E-state index is -0.0859. The van der Waals surface area contributed by atoms with Crippen molar-refractivity contribution in [2.45, 2.75) is 6.54 Å². The average Bonchev–Trinajstić information content (AvgIpc) is 2.46. The Bertz CT molecular complexity index is 540. The molecule has 92 valence electrons. The van der Waals surface area contributed by atoms with Crippen LogP contribution in [-0.4, -0.2) is 17.9 Å². The van der Waals surface area contributed by atoms with Crippen LogP contribution in [0, 0.1) is 0 Å². The van der Waals surface area contributed by atoms with Gasteiger partial charge in [-0.1, -0.05) is 12.1 Å². The van der Waals surface area contributed by atoms with E-state index in [9.17, 15) is 4.79 Å². The van der Waals surface area contributed by atoms with E-state index in [0.29, 0.717) is 12.1 Å². The molecular formula is C14H15N3O. The number of pyridine rings is 1. The van der Waals surface area contributed by atoms with Gasteiger partial charge in [-0.3, -0.25) is 9.78 Å². The molecule has 4 heteroatoms. The minimum absolute atomic E-state index is 0.0859. The van der Waals surface area contributed by atoms with Crippen molar-refractivity contribution in [3.63, 3.8) is 0 Å². The van der Waals surface area contributed by atoms with Crippen LogP contribution >= 0.6 is 0 Å². The Kier molecular flexibility index (Phi) is 3.69. The largest absolute Gasteiger partial charge is 0.326 e. The summed E-state index contributed by atoms with van der Waals surface area (Å²) in [6, 6.07) is 11.1. The number of nitrogens with zero attached hydrogens (tertiary/aromatic N) is 2. The maximum atomic E-state index is 12.2. The maximum Gasteiger partial charge on any atom is 0.259 e. The lowest BCUT2D eigenvalue weighted by molar-refractivity contribution is 0.0992.